The molecule has 7 heteroatoms. The fourth-order valence-corrected chi connectivity index (χ4v) is 4.72. The summed E-state index contributed by atoms with van der Waals surface area (Å²) in [6.45, 7) is 3.35. The van der Waals surface area contributed by atoms with Gasteiger partial charge in [0.15, 0.2) is 0 Å². The van der Waals surface area contributed by atoms with Crippen molar-refractivity contribution in [1.29, 1.82) is 0 Å². The Balaban J connectivity index is 1.44. The normalized spacial score (nSPS) is 21.3. The Kier molecular flexibility index (Phi) is 5.06. The molecule has 0 spiro atoms. The summed E-state index contributed by atoms with van der Waals surface area (Å²) in [5, 5.41) is 13.1. The van der Waals surface area contributed by atoms with E-state index in [4.69, 9.17) is 5.11 Å². The monoisotopic (exact) mass is 397 g/mol. The molecular weight excluding hydrogens is 370 g/mol. The molecule has 1 saturated heterocycles. The lowest BCUT2D eigenvalue weighted by Crippen LogP contribution is -2.44. The van der Waals surface area contributed by atoms with Gasteiger partial charge in [-0.3, -0.25) is 14.4 Å². The Morgan fingerprint density at radius 2 is 2.00 bits per heavy atom. The Morgan fingerprint density at radius 3 is 2.72 bits per heavy atom. The van der Waals surface area contributed by atoms with Gasteiger partial charge < -0.3 is 20.3 Å². The van der Waals surface area contributed by atoms with Crippen molar-refractivity contribution in [2.75, 3.05) is 6.54 Å². The number of nitrogens with zero attached hydrogens (tertiary/aromatic N) is 1. The molecule has 1 aromatic carbocycles. The molecule has 3 N–H and O–H groups in total. The number of rotatable bonds is 6. The van der Waals surface area contributed by atoms with E-state index >= 15 is 0 Å². The van der Waals surface area contributed by atoms with Gasteiger partial charge >= 0.3 is 5.97 Å². The lowest BCUT2D eigenvalue weighted by molar-refractivity contribution is -0.137. The van der Waals surface area contributed by atoms with E-state index in [-0.39, 0.29) is 18.2 Å². The van der Waals surface area contributed by atoms with Gasteiger partial charge in [0.05, 0.1) is 0 Å². The van der Waals surface area contributed by atoms with E-state index in [1.807, 2.05) is 11.0 Å². The first kappa shape index (κ1) is 19.5. The highest BCUT2D eigenvalue weighted by atomic mass is 16.4. The maximum atomic E-state index is 12.9. The number of aryl methyl sites for hydroxylation is 1. The second-order valence-corrected chi connectivity index (χ2v) is 8.37. The number of hydrogen-bond donors (Lipinski definition) is 3. The first-order valence-corrected chi connectivity index (χ1v) is 10.3. The van der Waals surface area contributed by atoms with Gasteiger partial charge in [-0.25, -0.2) is 0 Å². The van der Waals surface area contributed by atoms with Crippen LogP contribution < -0.4 is 5.32 Å². The molecule has 2 amide bonds. The molecule has 1 fully saturated rings. The summed E-state index contributed by atoms with van der Waals surface area (Å²) in [7, 11) is 0. The first-order valence-electron chi connectivity index (χ1n) is 10.3. The largest absolute Gasteiger partial charge is 0.481 e. The van der Waals surface area contributed by atoms with Crippen LogP contribution in [0.25, 0.3) is 10.9 Å². The van der Waals surface area contributed by atoms with E-state index in [2.05, 4.69) is 29.4 Å². The zero-order valence-electron chi connectivity index (χ0n) is 16.7. The number of aromatic nitrogens is 1. The molecule has 0 aliphatic carbocycles. The Labute approximate surface area is 169 Å². The highest BCUT2D eigenvalue weighted by Crippen LogP contribution is 2.32. The molecule has 154 valence electrons. The predicted molar refractivity (Wildman–Crippen MR) is 108 cm³/mol. The minimum Gasteiger partial charge on any atom is -0.481 e. The van der Waals surface area contributed by atoms with Crippen LogP contribution in [0.5, 0.6) is 0 Å². The van der Waals surface area contributed by atoms with Crippen LogP contribution in [0.4, 0.5) is 0 Å². The maximum absolute atomic E-state index is 12.9. The van der Waals surface area contributed by atoms with Crippen molar-refractivity contribution >= 4 is 28.7 Å². The molecular formula is C22H27N3O4. The number of carbonyl (C=O) groups is 3. The van der Waals surface area contributed by atoms with E-state index in [1.54, 1.807) is 0 Å². The lowest BCUT2D eigenvalue weighted by atomic mass is 9.86. The van der Waals surface area contributed by atoms with Crippen molar-refractivity contribution in [3.8, 4) is 0 Å². The second kappa shape index (κ2) is 7.54. The minimum absolute atomic E-state index is 0.00373. The van der Waals surface area contributed by atoms with Crippen LogP contribution in [-0.2, 0) is 27.3 Å². The zero-order chi connectivity index (χ0) is 20.6. The van der Waals surface area contributed by atoms with Crippen LogP contribution in [-0.4, -0.2) is 44.9 Å². The van der Waals surface area contributed by atoms with Gasteiger partial charge in [-0.05, 0) is 31.7 Å². The van der Waals surface area contributed by atoms with Crippen LogP contribution in [0.3, 0.4) is 0 Å². The fraction of sp³-hybridized carbons (Fsp3) is 0.500. The summed E-state index contributed by atoms with van der Waals surface area (Å²) in [5.74, 6) is -0.872. The molecule has 2 aliphatic rings. The summed E-state index contributed by atoms with van der Waals surface area (Å²) in [4.78, 5) is 41.1. The van der Waals surface area contributed by atoms with Crippen LogP contribution in [0.15, 0.2) is 18.2 Å². The van der Waals surface area contributed by atoms with Crippen molar-refractivity contribution in [2.45, 2.75) is 64.0 Å². The van der Waals surface area contributed by atoms with Gasteiger partial charge in [-0.2, -0.15) is 0 Å². The van der Waals surface area contributed by atoms with Crippen LogP contribution in [0.2, 0.25) is 0 Å². The molecule has 0 bridgehead atoms. The number of aromatic amines is 1. The predicted octanol–water partition coefficient (Wildman–Crippen LogP) is 2.65. The molecule has 1 aromatic heterocycles. The fourth-order valence-electron chi connectivity index (χ4n) is 4.72. The summed E-state index contributed by atoms with van der Waals surface area (Å²) in [6, 6.07) is 6.22. The van der Waals surface area contributed by atoms with Crippen molar-refractivity contribution in [1.82, 2.24) is 15.2 Å². The van der Waals surface area contributed by atoms with E-state index < -0.39 is 11.5 Å². The number of amides is 2. The third-order valence-electron chi connectivity index (χ3n) is 6.44. The van der Waals surface area contributed by atoms with Crippen molar-refractivity contribution in [2.24, 2.45) is 0 Å². The molecule has 0 unspecified atom stereocenters. The number of fused-ring (bicyclic) bond motifs is 3. The number of hydrogen-bond acceptors (Lipinski definition) is 3. The molecule has 0 radical (unpaired) electrons. The molecule has 1 atom stereocenters. The smallest absolute Gasteiger partial charge is 0.303 e. The molecule has 2 aromatic rings. The third-order valence-corrected chi connectivity index (χ3v) is 6.44. The van der Waals surface area contributed by atoms with E-state index in [0.717, 1.165) is 11.9 Å². The number of aliphatic carboxylic acids is 1. The Bertz CT molecular complexity index is 980. The molecule has 2 aliphatic heterocycles. The highest BCUT2D eigenvalue weighted by Gasteiger charge is 2.38. The standard InChI is InChI=1S/C22H27N3O4/c1-14-3-2-4-15-16-13-25(12-8-17(16)23-21(14)15)19(27)6-10-22(11-7-20(28)29)9-5-18(26)24-22/h2-4,23H,5-13H2,1H3,(H,24,26)(H,28,29)/t22-/m0/s1. The summed E-state index contributed by atoms with van der Waals surface area (Å²) >= 11 is 0. The number of para-hydroxylation sites is 1. The quantitative estimate of drug-likeness (QED) is 0.697. The Hall–Kier alpha value is -2.83. The van der Waals surface area contributed by atoms with E-state index in [1.165, 1.54) is 22.2 Å². The van der Waals surface area contributed by atoms with Crippen LogP contribution in [0, 0.1) is 6.92 Å². The average molecular weight is 397 g/mol. The molecule has 7 nitrogen and oxygen atoms in total. The SMILES string of the molecule is Cc1cccc2c3c([nH]c12)CCN(C(=O)CC[C@]1(CCC(=O)O)CCC(=O)N1)C3. The summed E-state index contributed by atoms with van der Waals surface area (Å²) < 4.78 is 0. The topological polar surface area (TPSA) is 102 Å². The number of carbonyl (C=O) groups excluding carboxylic acids is 2. The van der Waals surface area contributed by atoms with Crippen LogP contribution >= 0.6 is 0 Å². The van der Waals surface area contributed by atoms with Gasteiger partial charge in [0.2, 0.25) is 11.8 Å². The van der Waals surface area contributed by atoms with Gasteiger partial charge in [0.1, 0.15) is 0 Å². The zero-order valence-corrected chi connectivity index (χ0v) is 16.7. The second-order valence-electron chi connectivity index (χ2n) is 8.37. The van der Waals surface area contributed by atoms with Crippen molar-refractivity contribution in [3.05, 3.63) is 35.0 Å². The highest BCUT2D eigenvalue weighted by molar-refractivity contribution is 5.88. The van der Waals surface area contributed by atoms with Crippen molar-refractivity contribution in [3.63, 3.8) is 0 Å². The minimum atomic E-state index is -0.880. The van der Waals surface area contributed by atoms with Gasteiger partial charge in [-0.15, -0.1) is 0 Å². The van der Waals surface area contributed by atoms with Crippen molar-refractivity contribution < 1.29 is 19.5 Å². The number of H-pyrrole nitrogens is 1. The van der Waals surface area contributed by atoms with Crippen LogP contribution in [0.1, 0.15) is 55.3 Å². The number of carboxylic acid groups (broad SMARTS) is 1. The average Bonchev–Trinajstić information content (AvgIpc) is 3.26. The lowest BCUT2D eigenvalue weighted by Gasteiger charge is -2.31. The third kappa shape index (κ3) is 3.86. The molecule has 29 heavy (non-hydrogen) atoms. The summed E-state index contributed by atoms with van der Waals surface area (Å²) in [5.41, 5.74) is 4.18. The molecule has 0 saturated carbocycles. The number of benzene rings is 1. The maximum Gasteiger partial charge on any atom is 0.303 e. The summed E-state index contributed by atoms with van der Waals surface area (Å²) in [6.07, 6.45) is 2.96. The van der Waals surface area contributed by atoms with Gasteiger partial charge in [0, 0.05) is 66.5 Å². The van der Waals surface area contributed by atoms with Gasteiger partial charge in [0.25, 0.3) is 0 Å². The van der Waals surface area contributed by atoms with E-state index in [0.29, 0.717) is 45.2 Å². The number of carboxylic acids is 1. The van der Waals surface area contributed by atoms with E-state index in [9.17, 15) is 14.4 Å². The van der Waals surface area contributed by atoms with Gasteiger partial charge in [-0.1, -0.05) is 18.2 Å². The first-order chi connectivity index (χ1) is 13.9. The Morgan fingerprint density at radius 1 is 1.21 bits per heavy atom. The molecule has 3 heterocycles. The number of nitrogens with one attached hydrogen (secondary N) is 2. The molecule has 4 rings (SSSR count).